The van der Waals surface area contributed by atoms with E-state index in [1.807, 2.05) is 24.3 Å². The highest BCUT2D eigenvalue weighted by Crippen LogP contribution is 2.32. The lowest BCUT2D eigenvalue weighted by Crippen LogP contribution is -2.31. The Balaban J connectivity index is 1.54. The molecular formula is C19H15FN2O2S. The van der Waals surface area contributed by atoms with Crippen LogP contribution in [0.1, 0.15) is 27.7 Å². The van der Waals surface area contributed by atoms with Crippen LogP contribution in [-0.2, 0) is 0 Å². The van der Waals surface area contributed by atoms with Crippen molar-refractivity contribution in [3.05, 3.63) is 71.0 Å². The smallest absolute Gasteiger partial charge is 0.263 e. The van der Waals surface area contributed by atoms with E-state index in [1.54, 1.807) is 18.2 Å². The molecular weight excluding hydrogens is 339 g/mol. The second kappa shape index (κ2) is 6.64. The Bertz CT molecular complexity index is 925. The summed E-state index contributed by atoms with van der Waals surface area (Å²) >= 11 is 1.18. The van der Waals surface area contributed by atoms with Crippen molar-refractivity contribution in [3.63, 3.8) is 0 Å². The Morgan fingerprint density at radius 1 is 1.20 bits per heavy atom. The van der Waals surface area contributed by atoms with Crippen LogP contribution in [0.4, 0.5) is 4.39 Å². The SMILES string of the molecule is O=C(NC1CCOc2ccccc21)c1cnc(-c2ccccc2F)s1. The molecule has 2 heterocycles. The van der Waals surface area contributed by atoms with Gasteiger partial charge in [-0.15, -0.1) is 11.3 Å². The zero-order valence-corrected chi connectivity index (χ0v) is 14.1. The van der Waals surface area contributed by atoms with Gasteiger partial charge in [0.15, 0.2) is 0 Å². The van der Waals surface area contributed by atoms with Gasteiger partial charge in [-0.1, -0.05) is 30.3 Å². The van der Waals surface area contributed by atoms with E-state index in [4.69, 9.17) is 4.74 Å². The predicted octanol–water partition coefficient (Wildman–Crippen LogP) is 4.20. The molecule has 0 fully saturated rings. The van der Waals surface area contributed by atoms with Crippen molar-refractivity contribution in [1.82, 2.24) is 10.3 Å². The van der Waals surface area contributed by atoms with Crippen molar-refractivity contribution in [3.8, 4) is 16.3 Å². The van der Waals surface area contributed by atoms with Crippen LogP contribution in [0.3, 0.4) is 0 Å². The topological polar surface area (TPSA) is 51.2 Å². The molecule has 0 saturated heterocycles. The molecule has 1 amide bonds. The normalized spacial score (nSPS) is 16.0. The van der Waals surface area contributed by atoms with Crippen LogP contribution in [0.25, 0.3) is 10.6 Å². The lowest BCUT2D eigenvalue weighted by atomic mass is 10.0. The van der Waals surface area contributed by atoms with Crippen molar-refractivity contribution in [2.75, 3.05) is 6.61 Å². The molecule has 4 nitrogen and oxygen atoms in total. The average molecular weight is 354 g/mol. The lowest BCUT2D eigenvalue weighted by molar-refractivity contribution is 0.0928. The molecule has 126 valence electrons. The second-order valence-electron chi connectivity index (χ2n) is 5.71. The molecule has 0 spiro atoms. The first-order chi connectivity index (χ1) is 12.2. The van der Waals surface area contributed by atoms with Crippen LogP contribution in [-0.4, -0.2) is 17.5 Å². The lowest BCUT2D eigenvalue weighted by Gasteiger charge is -2.26. The second-order valence-corrected chi connectivity index (χ2v) is 6.74. The Morgan fingerprint density at radius 2 is 2.00 bits per heavy atom. The maximum atomic E-state index is 13.9. The third-order valence-corrected chi connectivity index (χ3v) is 5.13. The summed E-state index contributed by atoms with van der Waals surface area (Å²) in [4.78, 5) is 17.2. The number of carbonyl (C=O) groups excluding carboxylic acids is 1. The minimum absolute atomic E-state index is 0.100. The van der Waals surface area contributed by atoms with Crippen LogP contribution < -0.4 is 10.1 Å². The third-order valence-electron chi connectivity index (χ3n) is 4.10. The highest BCUT2D eigenvalue weighted by atomic mass is 32.1. The maximum absolute atomic E-state index is 13.9. The fourth-order valence-corrected chi connectivity index (χ4v) is 3.71. The molecule has 4 rings (SSSR count). The van der Waals surface area contributed by atoms with Gasteiger partial charge in [0.25, 0.3) is 5.91 Å². The monoisotopic (exact) mass is 354 g/mol. The molecule has 1 aliphatic heterocycles. The number of nitrogens with one attached hydrogen (secondary N) is 1. The molecule has 1 N–H and O–H groups in total. The molecule has 1 unspecified atom stereocenters. The first-order valence-corrected chi connectivity index (χ1v) is 8.77. The van der Waals surface area contributed by atoms with E-state index in [1.165, 1.54) is 23.6 Å². The van der Waals surface area contributed by atoms with Gasteiger partial charge in [0.05, 0.1) is 18.8 Å². The zero-order valence-electron chi connectivity index (χ0n) is 13.2. The minimum atomic E-state index is -0.345. The Hall–Kier alpha value is -2.73. The Kier molecular flexibility index (Phi) is 4.19. The van der Waals surface area contributed by atoms with Crippen molar-refractivity contribution in [1.29, 1.82) is 0 Å². The summed E-state index contributed by atoms with van der Waals surface area (Å²) in [5.41, 5.74) is 1.38. The molecule has 6 heteroatoms. The van der Waals surface area contributed by atoms with E-state index < -0.39 is 0 Å². The van der Waals surface area contributed by atoms with Crippen molar-refractivity contribution < 1.29 is 13.9 Å². The number of hydrogen-bond donors (Lipinski definition) is 1. The molecule has 0 radical (unpaired) electrons. The molecule has 1 aromatic heterocycles. The summed E-state index contributed by atoms with van der Waals surface area (Å²) in [6, 6.07) is 14.0. The van der Waals surface area contributed by atoms with E-state index in [0.29, 0.717) is 28.5 Å². The fourth-order valence-electron chi connectivity index (χ4n) is 2.86. The average Bonchev–Trinajstić information content (AvgIpc) is 3.12. The maximum Gasteiger partial charge on any atom is 0.263 e. The number of halogens is 1. The van der Waals surface area contributed by atoms with Crippen molar-refractivity contribution in [2.45, 2.75) is 12.5 Å². The van der Waals surface area contributed by atoms with Gasteiger partial charge in [-0.05, 0) is 18.2 Å². The van der Waals surface area contributed by atoms with Gasteiger partial charge in [0.1, 0.15) is 21.5 Å². The molecule has 1 aliphatic rings. The number of ether oxygens (including phenoxy) is 1. The van der Waals surface area contributed by atoms with E-state index in [9.17, 15) is 9.18 Å². The zero-order chi connectivity index (χ0) is 17.2. The number of thiazole rings is 1. The van der Waals surface area contributed by atoms with Gasteiger partial charge >= 0.3 is 0 Å². The molecule has 2 aromatic carbocycles. The quantitative estimate of drug-likeness (QED) is 0.767. The number of carbonyl (C=O) groups is 1. The highest BCUT2D eigenvalue weighted by Gasteiger charge is 2.24. The first kappa shape index (κ1) is 15.8. The van der Waals surface area contributed by atoms with Crippen molar-refractivity contribution in [2.24, 2.45) is 0 Å². The molecule has 0 bridgehead atoms. The summed E-state index contributed by atoms with van der Waals surface area (Å²) in [6.07, 6.45) is 2.20. The van der Waals surface area contributed by atoms with Gasteiger partial charge in [-0.25, -0.2) is 9.37 Å². The van der Waals surface area contributed by atoms with Crippen molar-refractivity contribution >= 4 is 17.2 Å². The number of nitrogens with zero attached hydrogens (tertiary/aromatic N) is 1. The number of aromatic nitrogens is 1. The van der Waals surface area contributed by atoms with Gasteiger partial charge in [0.2, 0.25) is 0 Å². The van der Waals surface area contributed by atoms with Crippen LogP contribution in [0.5, 0.6) is 5.75 Å². The molecule has 0 saturated carbocycles. The first-order valence-electron chi connectivity index (χ1n) is 7.95. The summed E-state index contributed by atoms with van der Waals surface area (Å²) < 4.78 is 19.5. The summed E-state index contributed by atoms with van der Waals surface area (Å²) in [5.74, 6) is 0.249. The van der Waals surface area contributed by atoms with E-state index in [0.717, 1.165) is 11.3 Å². The van der Waals surface area contributed by atoms with E-state index >= 15 is 0 Å². The molecule has 3 aromatic rings. The third kappa shape index (κ3) is 3.13. The van der Waals surface area contributed by atoms with Gasteiger partial charge in [-0.3, -0.25) is 4.79 Å². The van der Waals surface area contributed by atoms with Crippen LogP contribution in [0.15, 0.2) is 54.7 Å². The number of hydrogen-bond acceptors (Lipinski definition) is 4. The number of fused-ring (bicyclic) bond motifs is 1. The fraction of sp³-hybridized carbons (Fsp3) is 0.158. The van der Waals surface area contributed by atoms with Gasteiger partial charge < -0.3 is 10.1 Å². The van der Waals surface area contributed by atoms with Gasteiger partial charge in [0, 0.05) is 17.5 Å². The summed E-state index contributed by atoms with van der Waals surface area (Å²) in [6.45, 7) is 0.561. The van der Waals surface area contributed by atoms with Crippen LogP contribution in [0.2, 0.25) is 0 Å². The molecule has 25 heavy (non-hydrogen) atoms. The minimum Gasteiger partial charge on any atom is -0.493 e. The number of para-hydroxylation sites is 1. The number of amides is 1. The predicted molar refractivity (Wildman–Crippen MR) is 94.3 cm³/mol. The standard InChI is InChI=1S/C19H15FN2O2S/c20-14-7-3-1-5-12(14)19-21-11-17(25-19)18(23)22-15-9-10-24-16-8-4-2-6-13(15)16/h1-8,11,15H,9-10H2,(H,22,23). The van der Waals surface area contributed by atoms with Crippen LogP contribution in [0, 0.1) is 5.82 Å². The number of benzene rings is 2. The Morgan fingerprint density at radius 3 is 2.88 bits per heavy atom. The number of rotatable bonds is 3. The largest absolute Gasteiger partial charge is 0.493 e. The molecule has 1 atom stereocenters. The highest BCUT2D eigenvalue weighted by molar-refractivity contribution is 7.16. The van der Waals surface area contributed by atoms with Crippen LogP contribution >= 0.6 is 11.3 Å². The summed E-state index contributed by atoms with van der Waals surface area (Å²) in [7, 11) is 0. The summed E-state index contributed by atoms with van der Waals surface area (Å²) in [5, 5.41) is 3.52. The van der Waals surface area contributed by atoms with Gasteiger partial charge in [-0.2, -0.15) is 0 Å². The van der Waals surface area contributed by atoms with E-state index in [-0.39, 0.29) is 17.8 Å². The van der Waals surface area contributed by atoms with E-state index in [2.05, 4.69) is 10.3 Å². The Labute approximate surface area is 148 Å². The molecule has 0 aliphatic carbocycles.